The molecule has 1 fully saturated rings. The van der Waals surface area contributed by atoms with Gasteiger partial charge >= 0.3 is 5.97 Å². The number of thiocarbonyl (C=S) groups is 1. The van der Waals surface area contributed by atoms with Crippen LogP contribution in [0.25, 0.3) is 0 Å². The Labute approximate surface area is 211 Å². The number of esters is 1. The van der Waals surface area contributed by atoms with Crippen molar-refractivity contribution in [3.8, 4) is 5.75 Å². The molecular formula is C26H31N3O5S. The van der Waals surface area contributed by atoms with Crippen molar-refractivity contribution in [3.63, 3.8) is 0 Å². The lowest BCUT2D eigenvalue weighted by Crippen LogP contribution is -2.60. The molecule has 0 saturated carbocycles. The van der Waals surface area contributed by atoms with E-state index in [-0.39, 0.29) is 24.0 Å². The predicted molar refractivity (Wildman–Crippen MR) is 136 cm³/mol. The van der Waals surface area contributed by atoms with Crippen LogP contribution in [0.5, 0.6) is 5.75 Å². The van der Waals surface area contributed by atoms with Crippen LogP contribution in [0, 0.1) is 5.92 Å². The first kappa shape index (κ1) is 26.2. The van der Waals surface area contributed by atoms with Crippen LogP contribution in [0.2, 0.25) is 0 Å². The lowest BCUT2D eigenvalue weighted by Gasteiger charge is -2.36. The first-order chi connectivity index (χ1) is 16.8. The zero-order chi connectivity index (χ0) is 25.2. The molecule has 1 heterocycles. The fourth-order valence-electron chi connectivity index (χ4n) is 3.58. The van der Waals surface area contributed by atoms with Crippen molar-refractivity contribution in [3.05, 3.63) is 65.7 Å². The SMILES string of the molecule is CC(C)COc1ccccc1C(=O)NC(=S)N1CCNC(=O)C1CC(=O)OCCc1ccccc1. The van der Waals surface area contributed by atoms with Crippen LogP contribution >= 0.6 is 12.2 Å². The van der Waals surface area contributed by atoms with Crippen molar-refractivity contribution in [2.75, 3.05) is 26.3 Å². The van der Waals surface area contributed by atoms with E-state index < -0.39 is 17.9 Å². The zero-order valence-corrected chi connectivity index (χ0v) is 20.8. The summed E-state index contributed by atoms with van der Waals surface area (Å²) in [6.07, 6.45) is 0.407. The standard InChI is InChI=1S/C26H31N3O5S/c1-18(2)17-34-22-11-7-6-10-20(22)24(31)28-26(35)29-14-13-27-25(32)21(29)16-23(30)33-15-12-19-8-4-3-5-9-19/h3-11,18,21H,12-17H2,1-2H3,(H,27,32)(H,28,31,35). The Kier molecular flexibility index (Phi) is 9.60. The van der Waals surface area contributed by atoms with E-state index in [1.165, 1.54) is 0 Å². The van der Waals surface area contributed by atoms with Gasteiger partial charge in [0.1, 0.15) is 11.8 Å². The lowest BCUT2D eigenvalue weighted by atomic mass is 10.1. The smallest absolute Gasteiger partial charge is 0.308 e. The highest BCUT2D eigenvalue weighted by Crippen LogP contribution is 2.19. The van der Waals surface area contributed by atoms with Gasteiger partial charge in [-0.3, -0.25) is 19.7 Å². The maximum absolute atomic E-state index is 13.0. The average molecular weight is 498 g/mol. The van der Waals surface area contributed by atoms with E-state index in [9.17, 15) is 14.4 Å². The van der Waals surface area contributed by atoms with E-state index in [1.807, 2.05) is 44.2 Å². The van der Waals surface area contributed by atoms with Gasteiger partial charge in [0.25, 0.3) is 5.91 Å². The highest BCUT2D eigenvalue weighted by molar-refractivity contribution is 7.80. The second-order valence-corrected chi connectivity index (χ2v) is 9.01. The molecule has 9 heteroatoms. The molecule has 2 aromatic rings. The van der Waals surface area contributed by atoms with Crippen molar-refractivity contribution in [2.45, 2.75) is 32.7 Å². The third-order valence-corrected chi connectivity index (χ3v) is 5.71. The molecule has 0 radical (unpaired) electrons. The molecule has 0 spiro atoms. The molecular weight excluding hydrogens is 466 g/mol. The molecule has 8 nitrogen and oxygen atoms in total. The lowest BCUT2D eigenvalue weighted by molar-refractivity contribution is -0.147. The Morgan fingerprint density at radius 3 is 2.60 bits per heavy atom. The van der Waals surface area contributed by atoms with E-state index >= 15 is 0 Å². The third-order valence-electron chi connectivity index (χ3n) is 5.37. The fourth-order valence-corrected chi connectivity index (χ4v) is 3.89. The van der Waals surface area contributed by atoms with E-state index in [1.54, 1.807) is 29.2 Å². The Morgan fingerprint density at radius 1 is 1.14 bits per heavy atom. The first-order valence-corrected chi connectivity index (χ1v) is 12.1. The number of nitrogens with zero attached hydrogens (tertiary/aromatic N) is 1. The number of hydrogen-bond acceptors (Lipinski definition) is 6. The molecule has 2 N–H and O–H groups in total. The van der Waals surface area contributed by atoms with Gasteiger partial charge in [-0.15, -0.1) is 0 Å². The molecule has 186 valence electrons. The number of carbonyl (C=O) groups is 3. The first-order valence-electron chi connectivity index (χ1n) is 11.7. The molecule has 1 saturated heterocycles. The van der Waals surface area contributed by atoms with Crippen molar-refractivity contribution >= 4 is 35.1 Å². The van der Waals surface area contributed by atoms with E-state index in [0.717, 1.165) is 5.56 Å². The van der Waals surface area contributed by atoms with Crippen molar-refractivity contribution in [1.82, 2.24) is 15.5 Å². The monoisotopic (exact) mass is 497 g/mol. The summed E-state index contributed by atoms with van der Waals surface area (Å²) in [7, 11) is 0. The molecule has 0 aromatic heterocycles. The van der Waals surface area contributed by atoms with Gasteiger partial charge in [-0.25, -0.2) is 0 Å². The summed E-state index contributed by atoms with van der Waals surface area (Å²) in [6, 6.07) is 15.7. The van der Waals surface area contributed by atoms with Gasteiger partial charge in [0, 0.05) is 19.5 Å². The summed E-state index contributed by atoms with van der Waals surface area (Å²) in [5.41, 5.74) is 1.40. The van der Waals surface area contributed by atoms with Crippen LogP contribution in [-0.2, 0) is 20.7 Å². The Balaban J connectivity index is 1.59. The number of carbonyl (C=O) groups excluding carboxylic acids is 3. The molecule has 1 atom stereocenters. The molecule has 1 aliphatic heterocycles. The van der Waals surface area contributed by atoms with Crippen molar-refractivity contribution < 1.29 is 23.9 Å². The number of rotatable bonds is 9. The molecule has 1 aliphatic rings. The maximum atomic E-state index is 13.0. The molecule has 2 amide bonds. The van der Waals surface area contributed by atoms with Crippen LogP contribution in [-0.4, -0.2) is 60.1 Å². The van der Waals surface area contributed by atoms with Crippen molar-refractivity contribution in [2.24, 2.45) is 5.92 Å². The van der Waals surface area contributed by atoms with Gasteiger partial charge in [0.15, 0.2) is 5.11 Å². The minimum atomic E-state index is -0.867. The van der Waals surface area contributed by atoms with E-state index in [4.69, 9.17) is 21.7 Å². The number of ether oxygens (including phenoxy) is 2. The summed E-state index contributed by atoms with van der Waals surface area (Å²) in [5.74, 6) is -0.531. The van der Waals surface area contributed by atoms with Gasteiger partial charge in [-0.05, 0) is 35.8 Å². The van der Waals surface area contributed by atoms with Crippen LogP contribution in [0.4, 0.5) is 0 Å². The molecule has 35 heavy (non-hydrogen) atoms. The summed E-state index contributed by atoms with van der Waals surface area (Å²) >= 11 is 5.45. The van der Waals surface area contributed by atoms with E-state index in [0.29, 0.717) is 43.3 Å². The highest BCUT2D eigenvalue weighted by atomic mass is 32.1. The highest BCUT2D eigenvalue weighted by Gasteiger charge is 2.34. The topological polar surface area (TPSA) is 97.0 Å². The van der Waals surface area contributed by atoms with E-state index in [2.05, 4.69) is 10.6 Å². The van der Waals surface area contributed by atoms with Crippen LogP contribution < -0.4 is 15.4 Å². The van der Waals surface area contributed by atoms with Gasteiger partial charge < -0.3 is 19.7 Å². The normalized spacial score (nSPS) is 15.3. The number of hydrogen-bond donors (Lipinski definition) is 2. The Hall–Kier alpha value is -3.46. The minimum absolute atomic E-state index is 0.0746. The molecule has 1 unspecified atom stereocenters. The largest absolute Gasteiger partial charge is 0.492 e. The van der Waals surface area contributed by atoms with Crippen LogP contribution in [0.15, 0.2) is 54.6 Å². The third kappa shape index (κ3) is 7.78. The number of piperazine rings is 1. The molecule has 3 rings (SSSR count). The fraction of sp³-hybridized carbons (Fsp3) is 0.385. The molecule has 2 aromatic carbocycles. The average Bonchev–Trinajstić information content (AvgIpc) is 2.84. The second-order valence-electron chi connectivity index (χ2n) is 8.62. The van der Waals surface area contributed by atoms with Gasteiger partial charge in [-0.2, -0.15) is 0 Å². The van der Waals surface area contributed by atoms with Crippen molar-refractivity contribution in [1.29, 1.82) is 0 Å². The summed E-state index contributed by atoms with van der Waals surface area (Å²) in [4.78, 5) is 39.5. The number of amides is 2. The molecule has 0 bridgehead atoms. The number of para-hydroxylation sites is 1. The summed E-state index contributed by atoms with van der Waals surface area (Å²) < 4.78 is 11.1. The predicted octanol–water partition coefficient (Wildman–Crippen LogP) is 2.71. The molecule has 0 aliphatic carbocycles. The summed E-state index contributed by atoms with van der Waals surface area (Å²) in [6.45, 7) is 5.43. The maximum Gasteiger partial charge on any atom is 0.308 e. The zero-order valence-electron chi connectivity index (χ0n) is 20.0. The quantitative estimate of drug-likeness (QED) is 0.406. The van der Waals surface area contributed by atoms with Crippen LogP contribution in [0.1, 0.15) is 36.2 Å². The van der Waals surface area contributed by atoms with Gasteiger partial charge in [0.05, 0.1) is 25.2 Å². The number of nitrogens with one attached hydrogen (secondary N) is 2. The second kappa shape index (κ2) is 12.9. The number of benzene rings is 2. The minimum Gasteiger partial charge on any atom is -0.492 e. The van der Waals surface area contributed by atoms with Gasteiger partial charge in [0.2, 0.25) is 5.91 Å². The Bertz CT molecular complexity index is 1040. The Morgan fingerprint density at radius 2 is 1.86 bits per heavy atom. The van der Waals surface area contributed by atoms with Crippen LogP contribution in [0.3, 0.4) is 0 Å². The summed E-state index contributed by atoms with van der Waals surface area (Å²) in [5, 5.41) is 5.51. The van der Waals surface area contributed by atoms with Gasteiger partial charge in [-0.1, -0.05) is 56.3 Å².